The maximum atomic E-state index is 11.7. The van der Waals surface area contributed by atoms with Crippen LogP contribution in [0.25, 0.3) is 11.0 Å². The number of aryl methyl sites for hydroxylation is 1. The standard InChI is InChI=1S/C11H12N2O5S/c1-19(17,18)6-5-13-9-7(10(14)15)3-2-4-8(9)12-11(13)16/h2-4H,5-6H2,1H3,(H,12,16)(H,14,15). The Morgan fingerprint density at radius 2 is 2.11 bits per heavy atom. The van der Waals surface area contributed by atoms with Crippen LogP contribution in [0.3, 0.4) is 0 Å². The molecule has 2 aromatic rings. The van der Waals surface area contributed by atoms with E-state index in [2.05, 4.69) is 4.98 Å². The Labute approximate surface area is 108 Å². The number of carboxylic acid groups (broad SMARTS) is 1. The first-order chi connectivity index (χ1) is 8.79. The molecule has 0 aliphatic carbocycles. The molecule has 19 heavy (non-hydrogen) atoms. The maximum Gasteiger partial charge on any atom is 0.337 e. The number of benzene rings is 1. The molecule has 1 heterocycles. The molecular formula is C11H12N2O5S. The van der Waals surface area contributed by atoms with E-state index in [1.54, 1.807) is 6.07 Å². The van der Waals surface area contributed by atoms with Crippen LogP contribution in [0.15, 0.2) is 23.0 Å². The number of carbonyl (C=O) groups is 1. The molecule has 0 aliphatic rings. The van der Waals surface area contributed by atoms with Gasteiger partial charge < -0.3 is 10.1 Å². The average Bonchev–Trinajstić information content (AvgIpc) is 2.60. The zero-order chi connectivity index (χ0) is 14.2. The maximum absolute atomic E-state index is 11.7. The van der Waals surface area contributed by atoms with Crippen molar-refractivity contribution in [1.29, 1.82) is 0 Å². The zero-order valence-electron chi connectivity index (χ0n) is 10.1. The van der Waals surface area contributed by atoms with E-state index in [-0.39, 0.29) is 23.4 Å². The molecule has 2 N–H and O–H groups in total. The summed E-state index contributed by atoms with van der Waals surface area (Å²) in [5.41, 5.74) is 0.0266. The van der Waals surface area contributed by atoms with Crippen molar-refractivity contribution in [1.82, 2.24) is 9.55 Å². The molecule has 0 radical (unpaired) electrons. The van der Waals surface area contributed by atoms with Crippen LogP contribution in [0.1, 0.15) is 10.4 Å². The van der Waals surface area contributed by atoms with Gasteiger partial charge in [0.15, 0.2) is 0 Å². The third kappa shape index (κ3) is 2.68. The third-order valence-electron chi connectivity index (χ3n) is 2.71. The first-order valence-electron chi connectivity index (χ1n) is 5.42. The van der Waals surface area contributed by atoms with E-state index < -0.39 is 21.5 Å². The van der Waals surface area contributed by atoms with Crippen LogP contribution in [0.2, 0.25) is 0 Å². The minimum Gasteiger partial charge on any atom is -0.478 e. The van der Waals surface area contributed by atoms with Crippen LogP contribution in [-0.2, 0) is 16.4 Å². The minimum atomic E-state index is -3.24. The van der Waals surface area contributed by atoms with Gasteiger partial charge in [-0.1, -0.05) is 6.07 Å². The molecule has 0 bridgehead atoms. The van der Waals surface area contributed by atoms with Gasteiger partial charge >= 0.3 is 11.7 Å². The largest absolute Gasteiger partial charge is 0.478 e. The quantitative estimate of drug-likeness (QED) is 0.825. The fraction of sp³-hybridized carbons (Fsp3) is 0.273. The van der Waals surface area contributed by atoms with Gasteiger partial charge in [0.25, 0.3) is 0 Å². The van der Waals surface area contributed by atoms with Gasteiger partial charge in [0.1, 0.15) is 9.84 Å². The second-order valence-corrected chi connectivity index (χ2v) is 6.48. The van der Waals surface area contributed by atoms with Crippen molar-refractivity contribution in [2.24, 2.45) is 0 Å². The first-order valence-corrected chi connectivity index (χ1v) is 7.48. The van der Waals surface area contributed by atoms with E-state index in [1.807, 2.05) is 0 Å². The molecule has 0 atom stereocenters. The molecule has 0 spiro atoms. The fourth-order valence-electron chi connectivity index (χ4n) is 1.86. The molecule has 0 aliphatic heterocycles. The number of imidazole rings is 1. The Kier molecular flexibility index (Phi) is 3.19. The summed E-state index contributed by atoms with van der Waals surface area (Å²) in [6, 6.07) is 4.46. The highest BCUT2D eigenvalue weighted by Gasteiger charge is 2.16. The van der Waals surface area contributed by atoms with E-state index in [0.717, 1.165) is 10.8 Å². The van der Waals surface area contributed by atoms with Crippen molar-refractivity contribution >= 4 is 26.8 Å². The number of H-pyrrole nitrogens is 1. The van der Waals surface area contributed by atoms with Crippen LogP contribution in [-0.4, -0.2) is 41.1 Å². The van der Waals surface area contributed by atoms with Crippen molar-refractivity contribution in [2.45, 2.75) is 6.54 Å². The van der Waals surface area contributed by atoms with Gasteiger partial charge in [-0.3, -0.25) is 4.57 Å². The Hall–Kier alpha value is -2.09. The molecule has 102 valence electrons. The molecular weight excluding hydrogens is 272 g/mol. The van der Waals surface area contributed by atoms with Gasteiger partial charge in [-0.25, -0.2) is 18.0 Å². The van der Waals surface area contributed by atoms with Crippen molar-refractivity contribution in [2.75, 3.05) is 12.0 Å². The lowest BCUT2D eigenvalue weighted by Crippen LogP contribution is -2.22. The number of nitrogens with zero attached hydrogens (tertiary/aromatic N) is 1. The number of para-hydroxylation sites is 1. The van der Waals surface area contributed by atoms with Crippen LogP contribution in [0.5, 0.6) is 0 Å². The van der Waals surface area contributed by atoms with Crippen LogP contribution in [0.4, 0.5) is 0 Å². The third-order valence-corrected chi connectivity index (χ3v) is 3.63. The number of aromatic amines is 1. The van der Waals surface area contributed by atoms with Gasteiger partial charge in [-0.15, -0.1) is 0 Å². The Morgan fingerprint density at radius 1 is 1.42 bits per heavy atom. The molecule has 0 fully saturated rings. The summed E-state index contributed by atoms with van der Waals surface area (Å²) >= 11 is 0. The van der Waals surface area contributed by atoms with Gasteiger partial charge in [0, 0.05) is 12.8 Å². The topological polar surface area (TPSA) is 109 Å². The van der Waals surface area contributed by atoms with Crippen LogP contribution >= 0.6 is 0 Å². The summed E-state index contributed by atoms with van der Waals surface area (Å²) in [5, 5.41) is 9.10. The number of aromatic nitrogens is 2. The lowest BCUT2D eigenvalue weighted by atomic mass is 10.2. The Bertz CT molecular complexity index is 800. The highest BCUT2D eigenvalue weighted by Crippen LogP contribution is 2.16. The minimum absolute atomic E-state index is 0.0376. The smallest absolute Gasteiger partial charge is 0.337 e. The molecule has 2 rings (SSSR count). The van der Waals surface area contributed by atoms with Crippen LogP contribution in [0, 0.1) is 0 Å². The summed E-state index contributed by atoms with van der Waals surface area (Å²) < 4.78 is 23.4. The normalized spacial score (nSPS) is 11.8. The molecule has 0 unspecified atom stereocenters. The van der Waals surface area contributed by atoms with Gasteiger partial charge in [-0.2, -0.15) is 0 Å². The molecule has 7 nitrogen and oxygen atoms in total. The van der Waals surface area contributed by atoms with Gasteiger partial charge in [-0.05, 0) is 12.1 Å². The SMILES string of the molecule is CS(=O)(=O)CCn1c(=O)[nH]c2cccc(C(=O)O)c21. The van der Waals surface area contributed by atoms with Gasteiger partial charge in [0.2, 0.25) is 0 Å². The van der Waals surface area contributed by atoms with E-state index >= 15 is 0 Å². The number of hydrogen-bond acceptors (Lipinski definition) is 4. The van der Waals surface area contributed by atoms with E-state index in [1.165, 1.54) is 12.1 Å². The van der Waals surface area contributed by atoms with Crippen molar-refractivity contribution in [3.8, 4) is 0 Å². The molecule has 8 heteroatoms. The lowest BCUT2D eigenvalue weighted by Gasteiger charge is -2.04. The summed E-state index contributed by atoms with van der Waals surface area (Å²) in [7, 11) is -3.24. The zero-order valence-corrected chi connectivity index (χ0v) is 10.9. The number of nitrogens with one attached hydrogen (secondary N) is 1. The highest BCUT2D eigenvalue weighted by atomic mass is 32.2. The van der Waals surface area contributed by atoms with Crippen LogP contribution < -0.4 is 5.69 Å². The number of sulfone groups is 1. The van der Waals surface area contributed by atoms with E-state index in [0.29, 0.717) is 5.52 Å². The summed E-state index contributed by atoms with van der Waals surface area (Å²) in [6.45, 7) is -0.0814. The highest BCUT2D eigenvalue weighted by molar-refractivity contribution is 7.90. The molecule has 0 amide bonds. The monoisotopic (exact) mass is 284 g/mol. The summed E-state index contributed by atoms with van der Waals surface area (Å²) in [4.78, 5) is 25.4. The lowest BCUT2D eigenvalue weighted by molar-refractivity contribution is 0.0698. The number of hydrogen-bond donors (Lipinski definition) is 2. The first kappa shape index (κ1) is 13.3. The predicted molar refractivity (Wildman–Crippen MR) is 69.2 cm³/mol. The van der Waals surface area contributed by atoms with Crippen molar-refractivity contribution in [3.63, 3.8) is 0 Å². The van der Waals surface area contributed by atoms with Crippen molar-refractivity contribution < 1.29 is 18.3 Å². The second-order valence-electron chi connectivity index (χ2n) is 4.22. The van der Waals surface area contributed by atoms with Crippen molar-refractivity contribution in [3.05, 3.63) is 34.2 Å². The molecule has 0 saturated carbocycles. The molecule has 1 aromatic carbocycles. The Balaban J connectivity index is 2.63. The molecule has 1 aromatic heterocycles. The number of fused-ring (bicyclic) bond motifs is 1. The van der Waals surface area contributed by atoms with E-state index in [4.69, 9.17) is 5.11 Å². The number of rotatable bonds is 4. The predicted octanol–water partition coefficient (Wildman–Crippen LogP) is 0.0724. The fourth-order valence-corrected chi connectivity index (χ4v) is 2.38. The van der Waals surface area contributed by atoms with Gasteiger partial charge in [0.05, 0.1) is 22.3 Å². The Morgan fingerprint density at radius 3 is 2.68 bits per heavy atom. The summed E-state index contributed by atoms with van der Waals surface area (Å²) in [6.07, 6.45) is 1.06. The van der Waals surface area contributed by atoms with E-state index in [9.17, 15) is 18.0 Å². The number of carboxylic acids is 1. The molecule has 0 saturated heterocycles. The second kappa shape index (κ2) is 4.54. The number of aromatic carboxylic acids is 1. The average molecular weight is 284 g/mol. The summed E-state index contributed by atoms with van der Waals surface area (Å²) in [5.74, 6) is -1.40.